The van der Waals surface area contributed by atoms with Crippen LogP contribution < -0.4 is 10.6 Å². The molecule has 3 N–H and O–H groups in total. The number of aliphatic hydroxyl groups excluding tert-OH is 1. The van der Waals surface area contributed by atoms with Crippen molar-refractivity contribution >= 4 is 34.6 Å². The number of aliphatic imine (C=N–C) groups is 1. The Balaban J connectivity index is 1.94. The van der Waals surface area contributed by atoms with Crippen LogP contribution in [0, 0.1) is 10.1 Å². The van der Waals surface area contributed by atoms with E-state index in [0.717, 1.165) is 10.4 Å². The van der Waals surface area contributed by atoms with Crippen LogP contribution in [0.4, 0.5) is 5.69 Å². The highest BCUT2D eigenvalue weighted by Crippen LogP contribution is 2.26. The maximum atomic E-state index is 10.7. The molecule has 25 heavy (non-hydrogen) atoms. The van der Waals surface area contributed by atoms with Crippen LogP contribution in [0.3, 0.4) is 0 Å². The molecule has 0 saturated carbocycles. The van der Waals surface area contributed by atoms with Gasteiger partial charge in [0.15, 0.2) is 5.96 Å². The summed E-state index contributed by atoms with van der Waals surface area (Å²) < 4.78 is 0.632. The van der Waals surface area contributed by atoms with E-state index in [9.17, 15) is 15.2 Å². The van der Waals surface area contributed by atoms with Gasteiger partial charge in [-0.2, -0.15) is 0 Å². The third kappa shape index (κ3) is 6.00. The second-order valence-corrected chi connectivity index (χ2v) is 6.90. The lowest BCUT2D eigenvalue weighted by Gasteiger charge is -2.14. The third-order valence-corrected chi connectivity index (χ3v) is 4.63. The Morgan fingerprint density at radius 2 is 2.04 bits per heavy atom. The molecule has 7 nitrogen and oxygen atoms in total. The summed E-state index contributed by atoms with van der Waals surface area (Å²) >= 11 is 7.21. The standard InChI is InChI=1S/C16H19ClN4O3S/c1-2-18-16(20-10-13(22)14-7-8-15(17)25-14)19-9-11-3-5-12(6-4-11)21(23)24/h3-8,13,22H,2,9-10H2,1H3,(H2,18,19,20). The first-order valence-electron chi connectivity index (χ1n) is 7.68. The molecule has 0 aliphatic carbocycles. The van der Waals surface area contributed by atoms with Gasteiger partial charge in [-0.25, -0.2) is 4.99 Å². The zero-order valence-electron chi connectivity index (χ0n) is 13.6. The Morgan fingerprint density at radius 3 is 2.60 bits per heavy atom. The van der Waals surface area contributed by atoms with Crippen molar-refractivity contribution in [1.29, 1.82) is 0 Å². The highest BCUT2D eigenvalue weighted by atomic mass is 35.5. The van der Waals surface area contributed by atoms with Crippen molar-refractivity contribution in [2.75, 3.05) is 13.1 Å². The van der Waals surface area contributed by atoms with Crippen molar-refractivity contribution in [3.8, 4) is 0 Å². The summed E-state index contributed by atoms with van der Waals surface area (Å²) in [5.41, 5.74) is 0.906. The first-order valence-corrected chi connectivity index (χ1v) is 8.88. The monoisotopic (exact) mass is 382 g/mol. The molecule has 1 heterocycles. The van der Waals surface area contributed by atoms with Gasteiger partial charge in [-0.15, -0.1) is 11.3 Å². The number of rotatable bonds is 7. The molecule has 2 aromatic rings. The quantitative estimate of drug-likeness (QED) is 0.296. The number of hydrogen-bond acceptors (Lipinski definition) is 5. The smallest absolute Gasteiger partial charge is 0.269 e. The first kappa shape index (κ1) is 19.2. The fourth-order valence-electron chi connectivity index (χ4n) is 2.04. The molecule has 2 rings (SSSR count). The number of nitrogens with one attached hydrogen (secondary N) is 2. The second kappa shape index (κ2) is 9.36. The van der Waals surface area contributed by atoms with Gasteiger partial charge in [-0.05, 0) is 24.6 Å². The lowest BCUT2D eigenvalue weighted by atomic mass is 10.2. The molecule has 0 fully saturated rings. The summed E-state index contributed by atoms with van der Waals surface area (Å²) in [6, 6.07) is 9.80. The van der Waals surface area contributed by atoms with Crippen LogP contribution in [0.25, 0.3) is 0 Å². The van der Waals surface area contributed by atoms with Crippen LogP contribution in [-0.4, -0.2) is 29.1 Å². The Kier molecular flexibility index (Phi) is 7.17. The van der Waals surface area contributed by atoms with Crippen molar-refractivity contribution < 1.29 is 10.0 Å². The average molecular weight is 383 g/mol. The molecule has 0 radical (unpaired) electrons. The lowest BCUT2D eigenvalue weighted by molar-refractivity contribution is -0.384. The zero-order chi connectivity index (χ0) is 18.2. The number of hydrogen-bond donors (Lipinski definition) is 3. The largest absolute Gasteiger partial charge is 0.386 e. The minimum absolute atomic E-state index is 0.0514. The van der Waals surface area contributed by atoms with Crippen LogP contribution in [0.15, 0.2) is 41.4 Å². The minimum Gasteiger partial charge on any atom is -0.386 e. The maximum Gasteiger partial charge on any atom is 0.269 e. The normalized spacial score (nSPS) is 12.7. The first-order chi connectivity index (χ1) is 12.0. The zero-order valence-corrected chi connectivity index (χ0v) is 15.2. The van der Waals surface area contributed by atoms with Crippen molar-refractivity contribution in [2.24, 2.45) is 4.99 Å². The molecule has 0 aliphatic heterocycles. The van der Waals surface area contributed by atoms with Crippen LogP contribution in [-0.2, 0) is 6.54 Å². The predicted octanol–water partition coefficient (Wildman–Crippen LogP) is 3.10. The second-order valence-electron chi connectivity index (χ2n) is 5.16. The average Bonchev–Trinajstić information content (AvgIpc) is 3.04. The van der Waals surface area contributed by atoms with Gasteiger partial charge >= 0.3 is 0 Å². The Hall–Kier alpha value is -2.16. The maximum absolute atomic E-state index is 10.7. The highest BCUT2D eigenvalue weighted by molar-refractivity contribution is 7.16. The Labute approximate surface area is 154 Å². The molecule has 0 spiro atoms. The number of nitrogens with zero attached hydrogens (tertiary/aromatic N) is 2. The minimum atomic E-state index is -0.680. The van der Waals surface area contributed by atoms with Gasteiger partial charge in [-0.3, -0.25) is 10.1 Å². The molecule has 1 aromatic carbocycles. The third-order valence-electron chi connectivity index (χ3n) is 3.30. The van der Waals surface area contributed by atoms with E-state index in [4.69, 9.17) is 11.6 Å². The van der Waals surface area contributed by atoms with Crippen LogP contribution in [0.2, 0.25) is 4.34 Å². The van der Waals surface area contributed by atoms with Gasteiger partial charge < -0.3 is 15.7 Å². The summed E-state index contributed by atoms with van der Waals surface area (Å²) in [4.78, 5) is 15.4. The Morgan fingerprint density at radius 1 is 1.32 bits per heavy atom. The fourth-order valence-corrected chi connectivity index (χ4v) is 3.08. The van der Waals surface area contributed by atoms with Crippen molar-refractivity contribution in [2.45, 2.75) is 19.6 Å². The molecule has 0 amide bonds. The molecule has 1 unspecified atom stereocenters. The van der Waals surface area contributed by atoms with E-state index in [1.807, 2.05) is 6.92 Å². The highest BCUT2D eigenvalue weighted by Gasteiger charge is 2.11. The molecule has 1 aromatic heterocycles. The van der Waals surface area contributed by atoms with E-state index in [2.05, 4.69) is 15.6 Å². The van der Waals surface area contributed by atoms with Crippen molar-refractivity contribution in [3.63, 3.8) is 0 Å². The van der Waals surface area contributed by atoms with E-state index >= 15 is 0 Å². The van der Waals surface area contributed by atoms with Crippen molar-refractivity contribution in [3.05, 3.63) is 61.3 Å². The number of benzene rings is 1. The molecule has 134 valence electrons. The number of nitro benzene ring substituents is 1. The Bertz CT molecular complexity index is 733. The van der Waals surface area contributed by atoms with Gasteiger partial charge in [-0.1, -0.05) is 23.7 Å². The summed E-state index contributed by atoms with van der Waals surface area (Å²) in [7, 11) is 0. The summed E-state index contributed by atoms with van der Waals surface area (Å²) in [6.07, 6.45) is -0.680. The molecular formula is C16H19ClN4O3S. The molecule has 0 aliphatic rings. The number of thiophene rings is 1. The number of non-ortho nitro benzene ring substituents is 1. The molecule has 0 bridgehead atoms. The summed E-state index contributed by atoms with van der Waals surface area (Å²) in [6.45, 7) is 3.28. The molecule has 1 atom stereocenters. The van der Waals surface area contributed by atoms with E-state index in [1.165, 1.54) is 23.5 Å². The van der Waals surface area contributed by atoms with Gasteiger partial charge in [0, 0.05) is 30.1 Å². The summed E-state index contributed by atoms with van der Waals surface area (Å²) in [5, 5.41) is 27.0. The number of nitro groups is 1. The van der Waals surface area contributed by atoms with Crippen LogP contribution in [0.5, 0.6) is 0 Å². The molecular weight excluding hydrogens is 364 g/mol. The van der Waals surface area contributed by atoms with E-state index < -0.39 is 11.0 Å². The summed E-state index contributed by atoms with van der Waals surface area (Å²) in [5.74, 6) is 0.558. The number of guanidine groups is 1. The number of halogens is 1. The van der Waals surface area contributed by atoms with Crippen LogP contribution in [0.1, 0.15) is 23.5 Å². The topological polar surface area (TPSA) is 99.8 Å². The predicted molar refractivity (Wildman–Crippen MR) is 100 cm³/mol. The van der Waals surface area contributed by atoms with Crippen LogP contribution >= 0.6 is 22.9 Å². The van der Waals surface area contributed by atoms with E-state index in [1.54, 1.807) is 24.3 Å². The van der Waals surface area contributed by atoms with E-state index in [0.29, 0.717) is 29.9 Å². The van der Waals surface area contributed by atoms with Gasteiger partial charge in [0.05, 0.1) is 15.8 Å². The van der Waals surface area contributed by atoms with Crippen molar-refractivity contribution in [1.82, 2.24) is 10.6 Å². The van der Waals surface area contributed by atoms with Gasteiger partial charge in [0.25, 0.3) is 5.69 Å². The van der Waals surface area contributed by atoms with Gasteiger partial charge in [0.2, 0.25) is 0 Å². The SMILES string of the molecule is CCNC(=NCc1ccc([N+](=O)[O-])cc1)NCC(O)c1ccc(Cl)s1. The fraction of sp³-hybridized carbons (Fsp3) is 0.312. The lowest BCUT2D eigenvalue weighted by Crippen LogP contribution is -2.39. The molecule has 0 saturated heterocycles. The van der Waals surface area contributed by atoms with Gasteiger partial charge in [0.1, 0.15) is 6.10 Å². The number of aliphatic hydroxyl groups is 1. The molecule has 9 heteroatoms. The van der Waals surface area contributed by atoms with E-state index in [-0.39, 0.29) is 5.69 Å².